The highest BCUT2D eigenvalue weighted by Crippen LogP contribution is 2.32. The molecule has 18 heavy (non-hydrogen) atoms. The molecular formula is C14H27NO3. The van der Waals surface area contributed by atoms with Gasteiger partial charge in [0.15, 0.2) is 0 Å². The fourth-order valence-corrected chi connectivity index (χ4v) is 2.00. The first-order valence-corrected chi connectivity index (χ1v) is 6.73. The third-order valence-electron chi connectivity index (χ3n) is 2.79. The summed E-state index contributed by atoms with van der Waals surface area (Å²) in [6.07, 6.45) is 1.46. The number of carbonyl (C=O) groups excluding carboxylic acids is 1. The molecular weight excluding hydrogens is 230 g/mol. The Bertz CT molecular complexity index is 290. The quantitative estimate of drug-likeness (QED) is 0.770. The first kappa shape index (κ1) is 15.3. The molecule has 1 saturated heterocycles. The molecule has 1 unspecified atom stereocenters. The first-order chi connectivity index (χ1) is 8.10. The minimum absolute atomic E-state index is 0.0471. The van der Waals surface area contributed by atoms with Gasteiger partial charge >= 0.3 is 6.09 Å². The van der Waals surface area contributed by atoms with Crippen molar-refractivity contribution in [2.24, 2.45) is 5.92 Å². The maximum absolute atomic E-state index is 11.8. The molecule has 0 aromatic heterocycles. The molecule has 0 aromatic carbocycles. The highest BCUT2D eigenvalue weighted by atomic mass is 16.6. The number of carbonyl (C=O) groups is 1. The van der Waals surface area contributed by atoms with Gasteiger partial charge in [-0.3, -0.25) is 0 Å². The van der Waals surface area contributed by atoms with E-state index in [2.05, 4.69) is 26.1 Å². The Balaban J connectivity index is 2.47. The number of amides is 1. The molecule has 1 aliphatic heterocycles. The van der Waals surface area contributed by atoms with Gasteiger partial charge in [-0.1, -0.05) is 13.8 Å². The van der Waals surface area contributed by atoms with E-state index < -0.39 is 5.60 Å². The molecule has 0 aliphatic carbocycles. The van der Waals surface area contributed by atoms with E-state index in [0.29, 0.717) is 5.92 Å². The number of hydrogen-bond donors (Lipinski definition) is 1. The Labute approximate surface area is 110 Å². The Morgan fingerprint density at radius 1 is 1.44 bits per heavy atom. The van der Waals surface area contributed by atoms with E-state index >= 15 is 0 Å². The third-order valence-corrected chi connectivity index (χ3v) is 2.79. The molecule has 4 nitrogen and oxygen atoms in total. The van der Waals surface area contributed by atoms with Gasteiger partial charge in [0, 0.05) is 6.04 Å². The van der Waals surface area contributed by atoms with Crippen LogP contribution in [0.1, 0.15) is 54.4 Å². The molecule has 106 valence electrons. The molecule has 1 rings (SSSR count). The number of nitrogens with one attached hydrogen (secondary N) is 1. The SMILES string of the molecule is CC(C)CC(C[C@]1(C)CO1)NC(=O)OC(C)(C)C. The Hall–Kier alpha value is -0.770. The van der Waals surface area contributed by atoms with Crippen LogP contribution in [-0.2, 0) is 9.47 Å². The smallest absolute Gasteiger partial charge is 0.407 e. The van der Waals surface area contributed by atoms with E-state index in [1.54, 1.807) is 0 Å². The zero-order valence-corrected chi connectivity index (χ0v) is 12.5. The van der Waals surface area contributed by atoms with Crippen LogP contribution in [0.4, 0.5) is 4.79 Å². The molecule has 1 heterocycles. The highest BCUT2D eigenvalue weighted by Gasteiger charge is 2.41. The van der Waals surface area contributed by atoms with Gasteiger partial charge in [0.2, 0.25) is 0 Å². The number of epoxide rings is 1. The Morgan fingerprint density at radius 3 is 2.39 bits per heavy atom. The van der Waals surface area contributed by atoms with Crippen molar-refractivity contribution >= 4 is 6.09 Å². The largest absolute Gasteiger partial charge is 0.444 e. The van der Waals surface area contributed by atoms with E-state index in [4.69, 9.17) is 9.47 Å². The fraction of sp³-hybridized carbons (Fsp3) is 0.929. The first-order valence-electron chi connectivity index (χ1n) is 6.73. The summed E-state index contributed by atoms with van der Waals surface area (Å²) in [5.74, 6) is 0.535. The number of hydrogen-bond acceptors (Lipinski definition) is 3. The molecule has 0 radical (unpaired) electrons. The average Bonchev–Trinajstić information content (AvgIpc) is 2.77. The van der Waals surface area contributed by atoms with Gasteiger partial charge in [-0.2, -0.15) is 0 Å². The maximum Gasteiger partial charge on any atom is 0.407 e. The van der Waals surface area contributed by atoms with E-state index in [1.165, 1.54) is 0 Å². The summed E-state index contributed by atoms with van der Waals surface area (Å²) in [6, 6.07) is 0.118. The predicted molar refractivity (Wildman–Crippen MR) is 71.6 cm³/mol. The summed E-state index contributed by atoms with van der Waals surface area (Å²) in [7, 11) is 0. The molecule has 0 spiro atoms. The van der Waals surface area contributed by atoms with Gasteiger partial charge in [0.25, 0.3) is 0 Å². The predicted octanol–water partition coefficient (Wildman–Crippen LogP) is 3.10. The van der Waals surface area contributed by atoms with Crippen molar-refractivity contribution in [2.75, 3.05) is 6.61 Å². The van der Waals surface area contributed by atoms with Gasteiger partial charge in [-0.05, 0) is 46.5 Å². The molecule has 2 atom stereocenters. The van der Waals surface area contributed by atoms with E-state index in [9.17, 15) is 4.79 Å². The normalized spacial score (nSPS) is 24.8. The van der Waals surface area contributed by atoms with Gasteiger partial charge < -0.3 is 14.8 Å². The maximum atomic E-state index is 11.8. The van der Waals surface area contributed by atoms with Crippen molar-refractivity contribution in [3.63, 3.8) is 0 Å². The second kappa shape index (κ2) is 5.47. The van der Waals surface area contributed by atoms with Crippen molar-refractivity contribution in [1.82, 2.24) is 5.32 Å². The summed E-state index contributed by atoms with van der Waals surface area (Å²) in [5.41, 5.74) is -0.499. The molecule has 1 N–H and O–H groups in total. The highest BCUT2D eigenvalue weighted by molar-refractivity contribution is 5.68. The summed E-state index contributed by atoms with van der Waals surface area (Å²) in [4.78, 5) is 11.8. The molecule has 0 bridgehead atoms. The van der Waals surface area contributed by atoms with Crippen LogP contribution >= 0.6 is 0 Å². The third kappa shape index (κ3) is 6.24. The minimum Gasteiger partial charge on any atom is -0.444 e. The summed E-state index contributed by atoms with van der Waals surface area (Å²) in [6.45, 7) is 12.8. The molecule has 1 fully saturated rings. The second-order valence-corrected chi connectivity index (χ2v) is 6.92. The minimum atomic E-state index is -0.452. The number of rotatable bonds is 5. The van der Waals surface area contributed by atoms with E-state index in [1.807, 2.05) is 20.8 Å². The topological polar surface area (TPSA) is 50.9 Å². The standard InChI is InChI=1S/C14H27NO3/c1-10(2)7-11(8-14(6)9-17-14)15-12(16)18-13(3,4)5/h10-11H,7-9H2,1-6H3,(H,15,16)/t11?,14-/m1/s1. The van der Waals surface area contributed by atoms with Gasteiger partial charge in [-0.25, -0.2) is 4.79 Å². The van der Waals surface area contributed by atoms with Crippen LogP contribution in [0.25, 0.3) is 0 Å². The fourth-order valence-electron chi connectivity index (χ4n) is 2.00. The van der Waals surface area contributed by atoms with Crippen molar-refractivity contribution in [2.45, 2.75) is 71.6 Å². The lowest BCUT2D eigenvalue weighted by Gasteiger charge is -2.25. The average molecular weight is 257 g/mol. The van der Waals surface area contributed by atoms with Crippen molar-refractivity contribution in [3.8, 4) is 0 Å². The van der Waals surface area contributed by atoms with Crippen molar-refractivity contribution < 1.29 is 14.3 Å². The van der Waals surface area contributed by atoms with Gasteiger partial charge in [0.05, 0.1) is 12.2 Å². The van der Waals surface area contributed by atoms with Crippen LogP contribution in [0.3, 0.4) is 0 Å². The van der Waals surface area contributed by atoms with Crippen LogP contribution in [0, 0.1) is 5.92 Å². The van der Waals surface area contributed by atoms with Crippen LogP contribution in [0.2, 0.25) is 0 Å². The van der Waals surface area contributed by atoms with Crippen LogP contribution < -0.4 is 5.32 Å². The summed E-state index contributed by atoms with van der Waals surface area (Å²) < 4.78 is 10.7. The molecule has 1 aliphatic rings. The molecule has 4 heteroatoms. The van der Waals surface area contributed by atoms with Crippen molar-refractivity contribution in [1.29, 1.82) is 0 Å². The van der Waals surface area contributed by atoms with E-state index in [-0.39, 0.29) is 17.7 Å². The van der Waals surface area contributed by atoms with E-state index in [0.717, 1.165) is 19.4 Å². The number of alkyl carbamates (subject to hydrolysis) is 1. The van der Waals surface area contributed by atoms with Crippen LogP contribution in [-0.4, -0.2) is 29.9 Å². The lowest BCUT2D eigenvalue weighted by Crippen LogP contribution is -2.41. The van der Waals surface area contributed by atoms with Crippen LogP contribution in [0.15, 0.2) is 0 Å². The molecule has 0 saturated carbocycles. The summed E-state index contributed by atoms with van der Waals surface area (Å²) >= 11 is 0. The monoisotopic (exact) mass is 257 g/mol. The lowest BCUT2D eigenvalue weighted by atomic mass is 9.95. The molecule has 1 amide bonds. The van der Waals surface area contributed by atoms with Gasteiger partial charge in [-0.15, -0.1) is 0 Å². The Morgan fingerprint density at radius 2 is 2.00 bits per heavy atom. The molecule has 0 aromatic rings. The lowest BCUT2D eigenvalue weighted by molar-refractivity contribution is 0.0489. The second-order valence-electron chi connectivity index (χ2n) is 6.92. The van der Waals surface area contributed by atoms with Crippen molar-refractivity contribution in [3.05, 3.63) is 0 Å². The van der Waals surface area contributed by atoms with Gasteiger partial charge in [0.1, 0.15) is 5.60 Å². The summed E-state index contributed by atoms with van der Waals surface area (Å²) in [5, 5.41) is 2.96. The zero-order chi connectivity index (χ0) is 14.0. The zero-order valence-electron chi connectivity index (χ0n) is 12.5. The Kier molecular flexibility index (Phi) is 4.65. The number of ether oxygens (including phenoxy) is 2. The van der Waals surface area contributed by atoms with Crippen LogP contribution in [0.5, 0.6) is 0 Å².